The van der Waals surface area contributed by atoms with Gasteiger partial charge in [0.2, 0.25) is 0 Å². The van der Waals surface area contributed by atoms with E-state index >= 15 is 0 Å². The Labute approximate surface area is 183 Å². The first kappa shape index (κ1) is 20.2. The van der Waals surface area contributed by atoms with E-state index in [1.165, 1.54) is 15.7 Å². The van der Waals surface area contributed by atoms with Gasteiger partial charge in [0.1, 0.15) is 16.9 Å². The first-order valence-electron chi connectivity index (χ1n) is 10.4. The average Bonchev–Trinajstić information content (AvgIpc) is 3.38. The second-order valence-corrected chi connectivity index (χ2v) is 9.21. The lowest BCUT2D eigenvalue weighted by Crippen LogP contribution is -2.44. The van der Waals surface area contributed by atoms with Crippen molar-refractivity contribution in [2.75, 3.05) is 20.2 Å². The fourth-order valence-electron chi connectivity index (χ4n) is 4.32. The maximum Gasteiger partial charge on any atom is 0.352 e. The van der Waals surface area contributed by atoms with Gasteiger partial charge in [-0.25, -0.2) is 9.78 Å². The van der Waals surface area contributed by atoms with Gasteiger partial charge < -0.3 is 9.47 Å². The van der Waals surface area contributed by atoms with Crippen LogP contribution in [0.25, 0.3) is 15.9 Å². The van der Waals surface area contributed by atoms with Crippen LogP contribution < -0.4 is 10.4 Å². The fourth-order valence-corrected chi connectivity index (χ4v) is 5.51. The molecular formula is C22H25N5O3S. The van der Waals surface area contributed by atoms with E-state index in [0.29, 0.717) is 12.2 Å². The average molecular weight is 440 g/mol. The molecule has 0 radical (unpaired) electrons. The highest BCUT2D eigenvalue weighted by Crippen LogP contribution is 2.29. The van der Waals surface area contributed by atoms with Crippen molar-refractivity contribution >= 4 is 27.2 Å². The summed E-state index contributed by atoms with van der Waals surface area (Å²) in [6.07, 6.45) is 1.88. The van der Waals surface area contributed by atoms with Gasteiger partial charge in [-0.2, -0.15) is 9.61 Å². The molecule has 0 saturated carbocycles. The Balaban J connectivity index is 1.55. The van der Waals surface area contributed by atoms with Crippen molar-refractivity contribution in [3.05, 3.63) is 57.6 Å². The third kappa shape index (κ3) is 3.84. The minimum Gasteiger partial charge on any atom is -0.497 e. The number of morpholine rings is 1. The van der Waals surface area contributed by atoms with Crippen LogP contribution in [0, 0.1) is 0 Å². The Morgan fingerprint density at radius 2 is 1.90 bits per heavy atom. The molecule has 9 heteroatoms. The van der Waals surface area contributed by atoms with Gasteiger partial charge in [-0.15, -0.1) is 11.3 Å². The van der Waals surface area contributed by atoms with Crippen LogP contribution >= 0.6 is 11.3 Å². The molecule has 31 heavy (non-hydrogen) atoms. The quantitative estimate of drug-likeness (QED) is 0.476. The van der Waals surface area contributed by atoms with Crippen molar-refractivity contribution in [1.29, 1.82) is 0 Å². The van der Waals surface area contributed by atoms with Crippen LogP contribution in [0.3, 0.4) is 0 Å². The molecule has 162 valence electrons. The van der Waals surface area contributed by atoms with Crippen LogP contribution in [0.4, 0.5) is 0 Å². The SMILES string of the molecule is COc1ccc(Cn2c(=O)n3ncnc3c3cc(CN4CC(C)OC(C)C4)sc32)cc1. The lowest BCUT2D eigenvalue weighted by Gasteiger charge is -2.34. The number of fused-ring (bicyclic) bond motifs is 3. The fraction of sp³-hybridized carbons (Fsp3) is 0.409. The summed E-state index contributed by atoms with van der Waals surface area (Å²) in [6, 6.07) is 9.93. The molecule has 0 bridgehead atoms. The van der Waals surface area contributed by atoms with Crippen LogP contribution in [-0.2, 0) is 17.8 Å². The molecule has 0 aliphatic carbocycles. The van der Waals surface area contributed by atoms with Crippen LogP contribution in [0.1, 0.15) is 24.3 Å². The lowest BCUT2D eigenvalue weighted by molar-refractivity contribution is -0.0702. The number of hydrogen-bond donors (Lipinski definition) is 0. The summed E-state index contributed by atoms with van der Waals surface area (Å²) < 4.78 is 14.3. The van der Waals surface area contributed by atoms with Crippen LogP contribution in [-0.4, -0.2) is 56.5 Å². The summed E-state index contributed by atoms with van der Waals surface area (Å²) in [5, 5.41) is 5.13. The van der Waals surface area contributed by atoms with E-state index in [1.54, 1.807) is 23.0 Å². The summed E-state index contributed by atoms with van der Waals surface area (Å²) in [7, 11) is 1.64. The maximum atomic E-state index is 13.2. The highest BCUT2D eigenvalue weighted by Gasteiger charge is 2.23. The second kappa shape index (κ2) is 8.07. The summed E-state index contributed by atoms with van der Waals surface area (Å²) in [5.74, 6) is 0.792. The summed E-state index contributed by atoms with van der Waals surface area (Å²) in [4.78, 5) is 22.1. The molecule has 3 aromatic heterocycles. The molecule has 2 atom stereocenters. The molecule has 5 rings (SSSR count). The molecular weight excluding hydrogens is 414 g/mol. The molecule has 1 aliphatic heterocycles. The van der Waals surface area contributed by atoms with Crippen molar-refractivity contribution in [2.45, 2.75) is 39.1 Å². The number of rotatable bonds is 5. The van der Waals surface area contributed by atoms with Crippen LogP contribution in [0.5, 0.6) is 5.75 Å². The number of nitrogens with zero attached hydrogens (tertiary/aromatic N) is 5. The lowest BCUT2D eigenvalue weighted by atomic mass is 10.2. The van der Waals surface area contributed by atoms with Crippen LogP contribution in [0.15, 0.2) is 41.5 Å². The van der Waals surface area contributed by atoms with E-state index in [1.807, 2.05) is 24.3 Å². The normalized spacial score (nSPS) is 20.0. The molecule has 1 aliphatic rings. The van der Waals surface area contributed by atoms with E-state index in [4.69, 9.17) is 9.47 Å². The third-order valence-corrected chi connectivity index (χ3v) is 6.73. The Kier molecular flexibility index (Phi) is 5.25. The summed E-state index contributed by atoms with van der Waals surface area (Å²) in [6.45, 7) is 7.31. The third-order valence-electron chi connectivity index (χ3n) is 5.58. The highest BCUT2D eigenvalue weighted by atomic mass is 32.1. The van der Waals surface area contributed by atoms with Gasteiger partial charge in [-0.05, 0) is 37.6 Å². The van der Waals surface area contributed by atoms with Crippen molar-refractivity contribution in [3.63, 3.8) is 0 Å². The predicted molar refractivity (Wildman–Crippen MR) is 120 cm³/mol. The van der Waals surface area contributed by atoms with E-state index < -0.39 is 0 Å². The molecule has 0 spiro atoms. The first-order chi connectivity index (χ1) is 15.0. The van der Waals surface area contributed by atoms with E-state index in [9.17, 15) is 4.79 Å². The number of methoxy groups -OCH3 is 1. The Bertz CT molecular complexity index is 1270. The number of ether oxygens (including phenoxy) is 2. The van der Waals surface area contributed by atoms with Gasteiger partial charge in [-0.1, -0.05) is 12.1 Å². The Morgan fingerprint density at radius 3 is 2.61 bits per heavy atom. The van der Waals surface area contributed by atoms with Crippen molar-refractivity contribution in [2.24, 2.45) is 0 Å². The van der Waals surface area contributed by atoms with E-state index in [0.717, 1.165) is 41.2 Å². The number of benzene rings is 1. The zero-order valence-electron chi connectivity index (χ0n) is 17.8. The molecule has 8 nitrogen and oxygen atoms in total. The largest absolute Gasteiger partial charge is 0.497 e. The molecule has 1 fully saturated rings. The zero-order valence-corrected chi connectivity index (χ0v) is 18.6. The van der Waals surface area contributed by atoms with Crippen molar-refractivity contribution < 1.29 is 9.47 Å². The van der Waals surface area contributed by atoms with Gasteiger partial charge in [-0.3, -0.25) is 9.47 Å². The molecule has 4 heterocycles. The Morgan fingerprint density at radius 1 is 1.16 bits per heavy atom. The van der Waals surface area contributed by atoms with E-state index in [-0.39, 0.29) is 17.9 Å². The van der Waals surface area contributed by atoms with Crippen molar-refractivity contribution in [1.82, 2.24) is 24.1 Å². The van der Waals surface area contributed by atoms with Crippen LogP contribution in [0.2, 0.25) is 0 Å². The number of aromatic nitrogens is 4. The van der Waals surface area contributed by atoms with Gasteiger partial charge in [0.05, 0.1) is 31.2 Å². The van der Waals surface area contributed by atoms with Gasteiger partial charge in [0, 0.05) is 24.5 Å². The van der Waals surface area contributed by atoms with Gasteiger partial charge >= 0.3 is 5.69 Å². The van der Waals surface area contributed by atoms with Crippen molar-refractivity contribution in [3.8, 4) is 5.75 Å². The molecule has 1 saturated heterocycles. The Hall–Kier alpha value is -2.75. The standard InChI is InChI=1S/C22H25N5O3S/c1-14-9-25(10-15(2)30-14)12-18-8-19-20-23-13-24-27(20)22(28)26(21(19)31-18)11-16-4-6-17(29-3)7-5-16/h4-8,13-15H,9-12H2,1-3H3. The van der Waals surface area contributed by atoms with E-state index in [2.05, 4.69) is 34.9 Å². The molecule has 1 aromatic carbocycles. The number of hydrogen-bond acceptors (Lipinski definition) is 7. The zero-order chi connectivity index (χ0) is 21.5. The minimum atomic E-state index is -0.183. The number of thiophene rings is 1. The second-order valence-electron chi connectivity index (χ2n) is 8.10. The highest BCUT2D eigenvalue weighted by molar-refractivity contribution is 7.18. The summed E-state index contributed by atoms with van der Waals surface area (Å²) >= 11 is 1.65. The molecule has 4 aromatic rings. The summed E-state index contributed by atoms with van der Waals surface area (Å²) in [5.41, 5.74) is 1.45. The smallest absolute Gasteiger partial charge is 0.352 e. The van der Waals surface area contributed by atoms with Gasteiger partial charge in [0.15, 0.2) is 5.65 Å². The molecule has 0 amide bonds. The first-order valence-corrected chi connectivity index (χ1v) is 11.2. The monoisotopic (exact) mass is 439 g/mol. The maximum absolute atomic E-state index is 13.2. The van der Waals surface area contributed by atoms with Gasteiger partial charge in [0.25, 0.3) is 0 Å². The molecule has 0 N–H and O–H groups in total. The predicted octanol–water partition coefficient (Wildman–Crippen LogP) is 2.77. The topological polar surface area (TPSA) is 73.9 Å². The minimum absolute atomic E-state index is 0.183. The molecule has 2 unspecified atom stereocenters.